The standard InChI is InChI=1S/C19H25NO5S/c1-13-5-6-16-14(11-13)15(21)12-19(26(16,23)24)7-9-20(10-8-19)17(22)25-18(2,3)4/h5-6,11H,7-10,12H2,1-4H3. The van der Waals surface area contributed by atoms with Gasteiger partial charge < -0.3 is 9.64 Å². The highest BCUT2D eigenvalue weighted by atomic mass is 32.2. The van der Waals surface area contributed by atoms with Crippen LogP contribution in [0.5, 0.6) is 0 Å². The first-order valence-corrected chi connectivity index (χ1v) is 10.3. The number of fused-ring (bicyclic) bond motifs is 1. The molecular formula is C19H25NO5S. The lowest BCUT2D eigenvalue weighted by atomic mass is 9.88. The first-order chi connectivity index (χ1) is 12.0. The minimum absolute atomic E-state index is 0.0199. The summed E-state index contributed by atoms with van der Waals surface area (Å²) in [5.41, 5.74) is 0.559. The number of benzene rings is 1. The molecule has 2 heterocycles. The van der Waals surface area contributed by atoms with Gasteiger partial charge in [0, 0.05) is 25.1 Å². The summed E-state index contributed by atoms with van der Waals surface area (Å²) in [4.78, 5) is 26.5. The second-order valence-electron chi connectivity index (χ2n) is 8.25. The summed E-state index contributed by atoms with van der Waals surface area (Å²) >= 11 is 0. The Morgan fingerprint density at radius 1 is 1.19 bits per heavy atom. The van der Waals surface area contributed by atoms with E-state index in [0.717, 1.165) is 5.56 Å². The van der Waals surface area contributed by atoms with Crippen molar-refractivity contribution in [3.05, 3.63) is 29.3 Å². The zero-order valence-corrected chi connectivity index (χ0v) is 16.5. The van der Waals surface area contributed by atoms with Gasteiger partial charge in [-0.1, -0.05) is 11.6 Å². The molecule has 1 aromatic carbocycles. The van der Waals surface area contributed by atoms with Crippen LogP contribution in [-0.4, -0.2) is 48.6 Å². The van der Waals surface area contributed by atoms with Crippen molar-refractivity contribution in [3.8, 4) is 0 Å². The second kappa shape index (κ2) is 6.08. The number of hydrogen-bond acceptors (Lipinski definition) is 5. The number of ketones is 1. The van der Waals surface area contributed by atoms with Gasteiger partial charge >= 0.3 is 6.09 Å². The lowest BCUT2D eigenvalue weighted by Crippen LogP contribution is -2.54. The maximum absolute atomic E-state index is 13.3. The lowest BCUT2D eigenvalue weighted by Gasteiger charge is -2.43. The molecule has 2 aliphatic rings. The Labute approximate surface area is 154 Å². The van der Waals surface area contributed by atoms with Crippen molar-refractivity contribution in [2.45, 2.75) is 62.2 Å². The van der Waals surface area contributed by atoms with Crippen molar-refractivity contribution in [2.75, 3.05) is 13.1 Å². The summed E-state index contributed by atoms with van der Waals surface area (Å²) in [6, 6.07) is 4.91. The molecular weight excluding hydrogens is 354 g/mol. The molecule has 7 heteroatoms. The van der Waals surface area contributed by atoms with Crippen LogP contribution in [-0.2, 0) is 14.6 Å². The molecule has 142 valence electrons. The molecule has 6 nitrogen and oxygen atoms in total. The number of Topliss-reactive ketones (excluding diaryl/α,β-unsaturated/α-hetero) is 1. The summed E-state index contributed by atoms with van der Waals surface area (Å²) < 4.78 is 30.8. The van der Waals surface area contributed by atoms with Gasteiger partial charge in [0.25, 0.3) is 0 Å². The SMILES string of the molecule is Cc1ccc2c(c1)C(=O)CC1(CCN(C(=O)OC(C)(C)C)CC1)S2(=O)=O. The van der Waals surface area contributed by atoms with Gasteiger partial charge in [0.15, 0.2) is 15.6 Å². The van der Waals surface area contributed by atoms with Crippen LogP contribution in [0.2, 0.25) is 0 Å². The molecule has 0 bridgehead atoms. The van der Waals surface area contributed by atoms with Crippen molar-refractivity contribution in [3.63, 3.8) is 0 Å². The monoisotopic (exact) mass is 379 g/mol. The summed E-state index contributed by atoms with van der Waals surface area (Å²) in [5.74, 6) is -0.135. The van der Waals surface area contributed by atoms with Gasteiger partial charge in [-0.3, -0.25) is 4.79 Å². The van der Waals surface area contributed by atoms with Gasteiger partial charge in [0.1, 0.15) is 5.60 Å². The van der Waals surface area contributed by atoms with E-state index in [1.54, 1.807) is 39.0 Å². The van der Waals surface area contributed by atoms with E-state index in [1.165, 1.54) is 4.90 Å². The Hall–Kier alpha value is -1.89. The molecule has 0 unspecified atom stereocenters. The van der Waals surface area contributed by atoms with E-state index in [-0.39, 0.29) is 43.0 Å². The van der Waals surface area contributed by atoms with E-state index >= 15 is 0 Å². The van der Waals surface area contributed by atoms with Gasteiger partial charge in [-0.15, -0.1) is 0 Å². The Morgan fingerprint density at radius 3 is 2.38 bits per heavy atom. The average Bonchev–Trinajstić information content (AvgIpc) is 2.52. The first kappa shape index (κ1) is 18.9. The summed E-state index contributed by atoms with van der Waals surface area (Å²) in [6.07, 6.45) is 0.0257. The number of piperidine rings is 1. The quantitative estimate of drug-likeness (QED) is 0.692. The van der Waals surface area contributed by atoms with E-state index in [9.17, 15) is 18.0 Å². The van der Waals surface area contributed by atoms with E-state index in [2.05, 4.69) is 0 Å². The molecule has 1 spiro atoms. The van der Waals surface area contributed by atoms with Gasteiger partial charge in [0.05, 0.1) is 9.64 Å². The molecule has 0 saturated carbocycles. The van der Waals surface area contributed by atoms with E-state index in [1.807, 2.05) is 6.92 Å². The fraction of sp³-hybridized carbons (Fsp3) is 0.579. The summed E-state index contributed by atoms with van der Waals surface area (Å²) in [7, 11) is -3.64. The Morgan fingerprint density at radius 2 is 1.81 bits per heavy atom. The minimum Gasteiger partial charge on any atom is -0.444 e. The number of hydrogen-bond donors (Lipinski definition) is 0. The van der Waals surface area contributed by atoms with Gasteiger partial charge in [0.2, 0.25) is 0 Å². The predicted octanol–water partition coefficient (Wildman–Crippen LogP) is 3.12. The van der Waals surface area contributed by atoms with E-state index in [0.29, 0.717) is 5.56 Å². The number of aryl methyl sites for hydroxylation is 1. The highest BCUT2D eigenvalue weighted by Crippen LogP contribution is 2.44. The number of carbonyl (C=O) groups excluding carboxylic acids is 2. The van der Waals surface area contributed by atoms with Crippen LogP contribution in [0.25, 0.3) is 0 Å². The fourth-order valence-electron chi connectivity index (χ4n) is 3.68. The van der Waals surface area contributed by atoms with E-state index < -0.39 is 26.3 Å². The largest absolute Gasteiger partial charge is 0.444 e. The van der Waals surface area contributed by atoms with Crippen LogP contribution < -0.4 is 0 Å². The molecule has 0 radical (unpaired) electrons. The highest BCUT2D eigenvalue weighted by molar-refractivity contribution is 7.93. The third kappa shape index (κ3) is 3.13. The van der Waals surface area contributed by atoms with Crippen molar-refractivity contribution in [1.82, 2.24) is 4.90 Å². The number of carbonyl (C=O) groups is 2. The number of ether oxygens (including phenoxy) is 1. The van der Waals surface area contributed by atoms with Crippen LogP contribution >= 0.6 is 0 Å². The van der Waals surface area contributed by atoms with Crippen LogP contribution in [0.1, 0.15) is 56.0 Å². The maximum atomic E-state index is 13.3. The molecule has 0 aromatic heterocycles. The second-order valence-corrected chi connectivity index (χ2v) is 10.6. The topological polar surface area (TPSA) is 80.8 Å². The average molecular weight is 379 g/mol. The Bertz CT molecular complexity index is 858. The minimum atomic E-state index is -3.64. The molecule has 1 amide bonds. The normalized spacial score (nSPS) is 21.4. The Kier molecular flexibility index (Phi) is 4.42. The number of sulfone groups is 1. The fourth-order valence-corrected chi connectivity index (χ4v) is 5.90. The van der Waals surface area contributed by atoms with E-state index in [4.69, 9.17) is 4.74 Å². The first-order valence-electron chi connectivity index (χ1n) is 8.82. The van der Waals surface area contributed by atoms with Gasteiger partial charge in [-0.2, -0.15) is 0 Å². The molecule has 3 rings (SSSR count). The molecule has 1 fully saturated rings. The third-order valence-corrected chi connectivity index (χ3v) is 7.73. The highest BCUT2D eigenvalue weighted by Gasteiger charge is 2.53. The van der Waals surface area contributed by atoms with Crippen LogP contribution in [0.3, 0.4) is 0 Å². The molecule has 0 N–H and O–H groups in total. The molecule has 26 heavy (non-hydrogen) atoms. The number of nitrogens with zero attached hydrogens (tertiary/aromatic N) is 1. The number of amides is 1. The van der Waals surface area contributed by atoms with Crippen molar-refractivity contribution in [1.29, 1.82) is 0 Å². The zero-order chi connectivity index (χ0) is 19.3. The van der Waals surface area contributed by atoms with Crippen molar-refractivity contribution >= 4 is 21.7 Å². The van der Waals surface area contributed by atoms with Crippen molar-refractivity contribution < 1.29 is 22.7 Å². The number of likely N-dealkylation sites (tertiary alicyclic amines) is 1. The maximum Gasteiger partial charge on any atom is 0.410 e. The number of rotatable bonds is 0. The summed E-state index contributed by atoms with van der Waals surface area (Å²) in [6.45, 7) is 7.74. The van der Waals surface area contributed by atoms with Crippen LogP contribution in [0, 0.1) is 6.92 Å². The molecule has 0 aliphatic carbocycles. The Balaban J connectivity index is 1.86. The molecule has 0 atom stereocenters. The molecule has 2 aliphatic heterocycles. The smallest absolute Gasteiger partial charge is 0.410 e. The molecule has 1 aromatic rings. The van der Waals surface area contributed by atoms with Crippen molar-refractivity contribution in [2.24, 2.45) is 0 Å². The lowest BCUT2D eigenvalue weighted by molar-refractivity contribution is 0.0192. The third-order valence-electron chi connectivity index (χ3n) is 5.10. The van der Waals surface area contributed by atoms with Crippen LogP contribution in [0.4, 0.5) is 4.79 Å². The van der Waals surface area contributed by atoms with Gasteiger partial charge in [-0.05, 0) is 52.7 Å². The molecule has 1 saturated heterocycles. The predicted molar refractivity (Wildman–Crippen MR) is 97.1 cm³/mol. The van der Waals surface area contributed by atoms with Gasteiger partial charge in [-0.25, -0.2) is 13.2 Å². The van der Waals surface area contributed by atoms with Crippen LogP contribution in [0.15, 0.2) is 23.1 Å². The summed E-state index contributed by atoms with van der Waals surface area (Å²) in [5, 5.41) is 0. The zero-order valence-electron chi connectivity index (χ0n) is 15.7.